The van der Waals surface area contributed by atoms with Crippen LogP contribution in [-0.2, 0) is 14.6 Å². The third-order valence-corrected chi connectivity index (χ3v) is 4.42. The number of nitrogen functional groups attached to an aromatic ring is 1. The fourth-order valence-corrected chi connectivity index (χ4v) is 3.09. The fourth-order valence-electron chi connectivity index (χ4n) is 1.56. The van der Waals surface area contributed by atoms with E-state index in [1.807, 2.05) is 0 Å². The van der Waals surface area contributed by atoms with Crippen LogP contribution in [0.3, 0.4) is 0 Å². The summed E-state index contributed by atoms with van der Waals surface area (Å²) in [4.78, 5) is 0.138. The van der Waals surface area contributed by atoms with Crippen molar-refractivity contribution in [3.8, 4) is 5.75 Å². The predicted molar refractivity (Wildman–Crippen MR) is 70.6 cm³/mol. The third-order valence-electron chi connectivity index (χ3n) is 2.57. The van der Waals surface area contributed by atoms with Crippen LogP contribution in [0.15, 0.2) is 23.1 Å². The normalized spacial score (nSPS) is 11.4. The molecule has 0 unspecified atom stereocenters. The van der Waals surface area contributed by atoms with E-state index < -0.39 is 9.84 Å². The molecule has 0 spiro atoms. The smallest absolute Gasteiger partial charge is 0.180 e. The minimum atomic E-state index is -3.36. The van der Waals surface area contributed by atoms with Crippen molar-refractivity contribution in [2.75, 3.05) is 32.3 Å². The summed E-state index contributed by atoms with van der Waals surface area (Å²) in [6.07, 6.45) is 1.26. The van der Waals surface area contributed by atoms with Gasteiger partial charge in [0.05, 0.1) is 23.4 Å². The van der Waals surface area contributed by atoms with E-state index in [1.54, 1.807) is 19.2 Å². The van der Waals surface area contributed by atoms with Crippen molar-refractivity contribution in [2.45, 2.75) is 17.7 Å². The van der Waals surface area contributed by atoms with E-state index in [0.29, 0.717) is 25.2 Å². The zero-order valence-corrected chi connectivity index (χ0v) is 11.5. The Morgan fingerprint density at radius 3 is 2.56 bits per heavy atom. The van der Waals surface area contributed by atoms with Crippen molar-refractivity contribution in [3.63, 3.8) is 0 Å². The van der Waals surface area contributed by atoms with Gasteiger partial charge in [0.2, 0.25) is 0 Å². The molecule has 1 rings (SSSR count). The topological polar surface area (TPSA) is 78.6 Å². The van der Waals surface area contributed by atoms with Crippen LogP contribution in [-0.4, -0.2) is 35.0 Å². The maximum Gasteiger partial charge on any atom is 0.180 e. The second-order valence-electron chi connectivity index (χ2n) is 3.92. The Balaban J connectivity index is 2.83. The molecule has 6 heteroatoms. The van der Waals surface area contributed by atoms with E-state index in [4.69, 9.17) is 15.2 Å². The number of ether oxygens (including phenoxy) is 2. The Morgan fingerprint density at radius 2 is 1.94 bits per heavy atom. The second-order valence-corrected chi connectivity index (χ2v) is 6.00. The van der Waals surface area contributed by atoms with Crippen LogP contribution in [0.2, 0.25) is 0 Å². The molecule has 0 atom stereocenters. The average Bonchev–Trinajstić information content (AvgIpc) is 2.35. The first-order valence-corrected chi connectivity index (χ1v) is 7.31. The van der Waals surface area contributed by atoms with Gasteiger partial charge in [-0.05, 0) is 25.0 Å². The molecule has 2 N–H and O–H groups in total. The first-order valence-electron chi connectivity index (χ1n) is 5.66. The van der Waals surface area contributed by atoms with Crippen LogP contribution in [0.25, 0.3) is 0 Å². The lowest BCUT2D eigenvalue weighted by Crippen LogP contribution is -2.10. The van der Waals surface area contributed by atoms with Gasteiger partial charge in [-0.2, -0.15) is 0 Å². The lowest BCUT2D eigenvalue weighted by Gasteiger charge is -2.09. The molecule has 102 valence electrons. The molecule has 0 bridgehead atoms. The van der Waals surface area contributed by atoms with Gasteiger partial charge in [-0.1, -0.05) is 0 Å². The van der Waals surface area contributed by atoms with Gasteiger partial charge in [0, 0.05) is 19.8 Å². The van der Waals surface area contributed by atoms with Gasteiger partial charge in [0.15, 0.2) is 9.84 Å². The molecule has 1 aromatic carbocycles. The zero-order valence-electron chi connectivity index (χ0n) is 10.7. The molecule has 0 saturated heterocycles. The Bertz CT molecular complexity index is 485. The number of hydrogen-bond donors (Lipinski definition) is 1. The average molecular weight is 273 g/mol. The number of sulfone groups is 1. The molecule has 5 nitrogen and oxygen atoms in total. The number of rotatable bonds is 7. The lowest BCUT2D eigenvalue weighted by atomic mass is 10.3. The van der Waals surface area contributed by atoms with Gasteiger partial charge in [-0.3, -0.25) is 0 Å². The Kier molecular flexibility index (Phi) is 5.43. The summed E-state index contributed by atoms with van der Waals surface area (Å²) in [5.74, 6) is 0.549. The first kappa shape index (κ1) is 14.8. The van der Waals surface area contributed by atoms with Gasteiger partial charge in [-0.25, -0.2) is 8.42 Å². The summed E-state index contributed by atoms with van der Waals surface area (Å²) in [5.41, 5.74) is 5.95. The highest BCUT2D eigenvalue weighted by Gasteiger charge is 2.18. The number of hydrogen-bond acceptors (Lipinski definition) is 5. The summed E-state index contributed by atoms with van der Waals surface area (Å²) in [6, 6.07) is 4.64. The predicted octanol–water partition coefficient (Wildman–Crippen LogP) is 1.48. The van der Waals surface area contributed by atoms with Crippen LogP contribution in [0.4, 0.5) is 5.69 Å². The third kappa shape index (κ3) is 3.89. The van der Waals surface area contributed by atoms with Crippen LogP contribution in [0.1, 0.15) is 12.8 Å². The van der Waals surface area contributed by atoms with E-state index in [1.165, 1.54) is 13.2 Å². The number of benzene rings is 1. The SMILES string of the molecule is COCCCCS(=O)(=O)c1cc(OC)ccc1N. The molecule has 18 heavy (non-hydrogen) atoms. The number of anilines is 1. The Morgan fingerprint density at radius 1 is 1.22 bits per heavy atom. The van der Waals surface area contributed by atoms with Crippen LogP contribution in [0.5, 0.6) is 5.75 Å². The molecule has 0 heterocycles. The maximum atomic E-state index is 12.1. The molecule has 0 aliphatic rings. The Labute approximate surface area is 108 Å². The quantitative estimate of drug-likeness (QED) is 0.601. The molecular weight excluding hydrogens is 254 g/mol. The van der Waals surface area contributed by atoms with Gasteiger partial charge in [0.1, 0.15) is 5.75 Å². The van der Waals surface area contributed by atoms with Gasteiger partial charge in [-0.15, -0.1) is 0 Å². The van der Waals surface area contributed by atoms with E-state index in [0.717, 1.165) is 0 Å². The van der Waals surface area contributed by atoms with E-state index in [9.17, 15) is 8.42 Å². The van der Waals surface area contributed by atoms with Crippen molar-refractivity contribution >= 4 is 15.5 Å². The maximum absolute atomic E-state index is 12.1. The van der Waals surface area contributed by atoms with E-state index in [2.05, 4.69) is 0 Å². The van der Waals surface area contributed by atoms with Crippen LogP contribution >= 0.6 is 0 Å². The number of unbranched alkanes of at least 4 members (excludes halogenated alkanes) is 1. The van der Waals surface area contributed by atoms with Crippen molar-refractivity contribution in [1.29, 1.82) is 0 Å². The van der Waals surface area contributed by atoms with Crippen molar-refractivity contribution in [2.24, 2.45) is 0 Å². The lowest BCUT2D eigenvalue weighted by molar-refractivity contribution is 0.194. The first-order chi connectivity index (χ1) is 8.51. The highest BCUT2D eigenvalue weighted by atomic mass is 32.2. The van der Waals surface area contributed by atoms with Crippen molar-refractivity contribution in [1.82, 2.24) is 0 Å². The molecule has 0 saturated carbocycles. The minimum Gasteiger partial charge on any atom is -0.497 e. The van der Waals surface area contributed by atoms with Gasteiger partial charge >= 0.3 is 0 Å². The zero-order chi connectivity index (χ0) is 13.6. The fraction of sp³-hybridized carbons (Fsp3) is 0.500. The van der Waals surface area contributed by atoms with E-state index >= 15 is 0 Å². The largest absolute Gasteiger partial charge is 0.497 e. The summed E-state index contributed by atoms with van der Waals surface area (Å²) in [6.45, 7) is 0.559. The highest BCUT2D eigenvalue weighted by molar-refractivity contribution is 7.91. The van der Waals surface area contributed by atoms with Crippen LogP contribution < -0.4 is 10.5 Å². The number of methoxy groups -OCH3 is 2. The minimum absolute atomic E-state index is 0.0632. The molecule has 0 amide bonds. The van der Waals surface area contributed by atoms with E-state index in [-0.39, 0.29) is 16.3 Å². The summed E-state index contributed by atoms with van der Waals surface area (Å²) >= 11 is 0. The standard InChI is InChI=1S/C12H19NO4S/c1-16-7-3-4-8-18(14,15)12-9-10(17-2)5-6-11(12)13/h5-6,9H,3-4,7-8,13H2,1-2H3. The van der Waals surface area contributed by atoms with Crippen LogP contribution in [0, 0.1) is 0 Å². The molecular formula is C12H19NO4S. The molecule has 0 fully saturated rings. The van der Waals surface area contributed by atoms with Gasteiger partial charge in [0.25, 0.3) is 0 Å². The summed E-state index contributed by atoms with van der Waals surface area (Å²) < 4.78 is 34.1. The number of nitrogens with two attached hydrogens (primary N) is 1. The molecule has 1 aromatic rings. The summed E-state index contributed by atoms with van der Waals surface area (Å²) in [5, 5.41) is 0. The van der Waals surface area contributed by atoms with Crippen molar-refractivity contribution < 1.29 is 17.9 Å². The summed E-state index contributed by atoms with van der Waals surface area (Å²) in [7, 11) is -0.286. The monoisotopic (exact) mass is 273 g/mol. The Hall–Kier alpha value is -1.27. The molecule has 0 aliphatic carbocycles. The molecule has 0 aliphatic heterocycles. The van der Waals surface area contributed by atoms with Gasteiger partial charge < -0.3 is 15.2 Å². The highest BCUT2D eigenvalue weighted by Crippen LogP contribution is 2.25. The molecule has 0 aromatic heterocycles. The second kappa shape index (κ2) is 6.61. The molecule has 0 radical (unpaired) electrons. The van der Waals surface area contributed by atoms with Crippen molar-refractivity contribution in [3.05, 3.63) is 18.2 Å².